The van der Waals surface area contributed by atoms with Crippen LogP contribution in [0.1, 0.15) is 34.6 Å². The minimum Gasteiger partial charge on any atom is -0.496 e. The van der Waals surface area contributed by atoms with E-state index in [9.17, 15) is 0 Å². The van der Waals surface area contributed by atoms with Crippen molar-refractivity contribution in [3.05, 3.63) is 46.3 Å². The molecule has 26 heavy (non-hydrogen) atoms. The van der Waals surface area contributed by atoms with Gasteiger partial charge in [-0.25, -0.2) is 0 Å². The van der Waals surface area contributed by atoms with Crippen LogP contribution >= 0.6 is 0 Å². The van der Waals surface area contributed by atoms with Gasteiger partial charge in [-0.15, -0.1) is 0 Å². The molecule has 0 bridgehead atoms. The lowest BCUT2D eigenvalue weighted by molar-refractivity contribution is 0.392. The molecule has 0 radical (unpaired) electrons. The van der Waals surface area contributed by atoms with E-state index >= 15 is 0 Å². The quantitative estimate of drug-likeness (QED) is 0.431. The first kappa shape index (κ1) is 19.8. The van der Waals surface area contributed by atoms with Crippen molar-refractivity contribution in [1.29, 1.82) is 0 Å². The Morgan fingerprint density at radius 3 is 2.58 bits per heavy atom. The molecule has 0 saturated carbocycles. The number of nitrogens with zero attached hydrogens (tertiary/aromatic N) is 2. The molecule has 142 valence electrons. The number of nitrogens with one attached hydrogen (secondary N) is 2. The molecule has 0 amide bonds. The Kier molecular flexibility index (Phi) is 7.51. The van der Waals surface area contributed by atoms with Crippen molar-refractivity contribution in [2.75, 3.05) is 27.2 Å². The van der Waals surface area contributed by atoms with Gasteiger partial charge in [0.25, 0.3) is 0 Å². The van der Waals surface area contributed by atoms with E-state index in [1.54, 1.807) is 14.2 Å². The minimum absolute atomic E-state index is 0.815. The monoisotopic (exact) mass is 358 g/mol. The van der Waals surface area contributed by atoms with Gasteiger partial charge in [0.2, 0.25) is 0 Å². The smallest absolute Gasteiger partial charge is 0.190 e. The van der Waals surface area contributed by atoms with Crippen LogP contribution in [0.5, 0.6) is 5.75 Å². The van der Waals surface area contributed by atoms with E-state index in [1.165, 1.54) is 11.1 Å². The molecule has 2 aromatic rings. The third kappa shape index (κ3) is 5.51. The molecule has 1 heterocycles. The Labute approximate surface area is 156 Å². The molecule has 0 spiro atoms. The van der Waals surface area contributed by atoms with Crippen molar-refractivity contribution in [3.63, 3.8) is 0 Å². The Hall–Kier alpha value is -2.50. The summed E-state index contributed by atoms with van der Waals surface area (Å²) in [6, 6.07) is 6.33. The first-order valence-electron chi connectivity index (χ1n) is 9.05. The summed E-state index contributed by atoms with van der Waals surface area (Å²) in [5.41, 5.74) is 4.59. The van der Waals surface area contributed by atoms with Gasteiger partial charge in [-0.2, -0.15) is 0 Å². The van der Waals surface area contributed by atoms with Gasteiger partial charge in [-0.3, -0.25) is 4.99 Å². The summed E-state index contributed by atoms with van der Waals surface area (Å²) in [5, 5.41) is 10.7. The van der Waals surface area contributed by atoms with Gasteiger partial charge in [0.15, 0.2) is 5.96 Å². The lowest BCUT2D eigenvalue weighted by Gasteiger charge is -2.12. The topological polar surface area (TPSA) is 71.7 Å². The zero-order valence-electron chi connectivity index (χ0n) is 16.5. The zero-order chi connectivity index (χ0) is 18.9. The molecule has 1 aromatic heterocycles. The van der Waals surface area contributed by atoms with Crippen molar-refractivity contribution in [2.45, 2.75) is 40.0 Å². The second-order valence-electron chi connectivity index (χ2n) is 6.39. The Morgan fingerprint density at radius 1 is 1.15 bits per heavy atom. The number of guanidine groups is 1. The van der Waals surface area contributed by atoms with Crippen molar-refractivity contribution >= 4 is 5.96 Å². The first-order chi connectivity index (χ1) is 12.5. The Morgan fingerprint density at radius 2 is 1.92 bits per heavy atom. The molecular weight excluding hydrogens is 328 g/mol. The first-order valence-corrected chi connectivity index (χ1v) is 9.05. The van der Waals surface area contributed by atoms with E-state index in [0.29, 0.717) is 0 Å². The summed E-state index contributed by atoms with van der Waals surface area (Å²) in [6.07, 6.45) is 2.86. The molecule has 6 heteroatoms. The number of hydrogen-bond acceptors (Lipinski definition) is 4. The zero-order valence-corrected chi connectivity index (χ0v) is 16.5. The van der Waals surface area contributed by atoms with Gasteiger partial charge in [0.05, 0.1) is 12.8 Å². The molecule has 0 unspecified atom stereocenters. The highest BCUT2D eigenvalue weighted by atomic mass is 16.5. The largest absolute Gasteiger partial charge is 0.496 e. The summed E-state index contributed by atoms with van der Waals surface area (Å²) in [6.45, 7) is 7.66. The molecule has 1 aromatic carbocycles. The maximum Gasteiger partial charge on any atom is 0.190 e. The van der Waals surface area contributed by atoms with Crippen molar-refractivity contribution in [1.82, 2.24) is 15.8 Å². The maximum absolute atomic E-state index is 5.38. The van der Waals surface area contributed by atoms with Crippen LogP contribution in [0.25, 0.3) is 0 Å². The predicted molar refractivity (Wildman–Crippen MR) is 105 cm³/mol. The number of methoxy groups -OCH3 is 1. The molecule has 0 aliphatic carbocycles. The molecule has 2 rings (SSSR count). The van der Waals surface area contributed by atoms with Crippen LogP contribution in [0.2, 0.25) is 0 Å². The van der Waals surface area contributed by atoms with Crippen LogP contribution in [-0.4, -0.2) is 38.4 Å². The van der Waals surface area contributed by atoms with E-state index in [1.807, 2.05) is 13.8 Å². The SMILES string of the molecule is CN=C(NCCCc1c(C)noc1C)NCCc1ccc(C)c(OC)c1. The number of aromatic nitrogens is 1. The fourth-order valence-corrected chi connectivity index (χ4v) is 2.90. The molecule has 0 aliphatic heterocycles. The van der Waals surface area contributed by atoms with Crippen LogP contribution in [-0.2, 0) is 12.8 Å². The molecular formula is C20H30N4O2. The summed E-state index contributed by atoms with van der Waals surface area (Å²) in [5.74, 6) is 2.67. The van der Waals surface area contributed by atoms with Crippen LogP contribution in [0, 0.1) is 20.8 Å². The average molecular weight is 358 g/mol. The summed E-state index contributed by atoms with van der Waals surface area (Å²) in [4.78, 5) is 4.28. The van der Waals surface area contributed by atoms with Gasteiger partial charge in [0, 0.05) is 25.7 Å². The minimum atomic E-state index is 0.815. The lowest BCUT2D eigenvalue weighted by atomic mass is 10.1. The molecule has 2 N–H and O–H groups in total. The molecule has 6 nitrogen and oxygen atoms in total. The Balaban J connectivity index is 1.71. The van der Waals surface area contributed by atoms with E-state index in [-0.39, 0.29) is 0 Å². The average Bonchev–Trinajstić information content (AvgIpc) is 2.96. The highest BCUT2D eigenvalue weighted by Crippen LogP contribution is 2.19. The van der Waals surface area contributed by atoms with Gasteiger partial charge < -0.3 is 19.9 Å². The lowest BCUT2D eigenvalue weighted by Crippen LogP contribution is -2.38. The molecule has 0 saturated heterocycles. The highest BCUT2D eigenvalue weighted by molar-refractivity contribution is 5.79. The second kappa shape index (κ2) is 9.85. The summed E-state index contributed by atoms with van der Waals surface area (Å²) < 4.78 is 10.6. The number of ether oxygens (including phenoxy) is 1. The van der Waals surface area contributed by atoms with Crippen molar-refractivity contribution < 1.29 is 9.26 Å². The predicted octanol–water partition coefficient (Wildman–Crippen LogP) is 2.95. The van der Waals surface area contributed by atoms with Gasteiger partial charge in [0.1, 0.15) is 11.5 Å². The van der Waals surface area contributed by atoms with Crippen LogP contribution in [0.4, 0.5) is 0 Å². The Bertz CT molecular complexity index is 718. The maximum atomic E-state index is 5.38. The van der Waals surface area contributed by atoms with E-state index in [0.717, 1.165) is 61.1 Å². The van der Waals surface area contributed by atoms with Gasteiger partial charge in [-0.05, 0) is 57.2 Å². The van der Waals surface area contributed by atoms with E-state index < -0.39 is 0 Å². The fourth-order valence-electron chi connectivity index (χ4n) is 2.90. The number of benzene rings is 1. The van der Waals surface area contributed by atoms with Crippen LogP contribution in [0.3, 0.4) is 0 Å². The molecule has 0 atom stereocenters. The van der Waals surface area contributed by atoms with E-state index in [2.05, 4.69) is 45.9 Å². The van der Waals surface area contributed by atoms with Crippen molar-refractivity contribution in [2.24, 2.45) is 4.99 Å². The summed E-state index contributed by atoms with van der Waals surface area (Å²) >= 11 is 0. The van der Waals surface area contributed by atoms with E-state index in [4.69, 9.17) is 9.26 Å². The molecule has 0 aliphatic rings. The number of aliphatic imine (C=N–C) groups is 1. The number of aryl methyl sites for hydroxylation is 3. The van der Waals surface area contributed by atoms with Gasteiger partial charge in [-0.1, -0.05) is 17.3 Å². The molecule has 0 fully saturated rings. The summed E-state index contributed by atoms with van der Waals surface area (Å²) in [7, 11) is 3.50. The fraction of sp³-hybridized carbons (Fsp3) is 0.500. The van der Waals surface area contributed by atoms with Crippen molar-refractivity contribution in [3.8, 4) is 5.75 Å². The van der Waals surface area contributed by atoms with Crippen LogP contribution in [0.15, 0.2) is 27.7 Å². The third-order valence-electron chi connectivity index (χ3n) is 4.48. The van der Waals surface area contributed by atoms with Gasteiger partial charge >= 0.3 is 0 Å². The third-order valence-corrected chi connectivity index (χ3v) is 4.48. The number of hydrogen-bond donors (Lipinski definition) is 2. The normalized spacial score (nSPS) is 11.5. The second-order valence-corrected chi connectivity index (χ2v) is 6.39. The standard InChI is InChI=1S/C20H30N4O2/c1-14-8-9-17(13-19(14)25-5)10-12-23-20(21-4)22-11-6-7-18-15(2)24-26-16(18)3/h8-9,13H,6-7,10-12H2,1-5H3,(H2,21,22,23). The highest BCUT2D eigenvalue weighted by Gasteiger charge is 2.08. The number of rotatable bonds is 8. The van der Waals surface area contributed by atoms with Crippen LogP contribution < -0.4 is 15.4 Å².